The van der Waals surface area contributed by atoms with Crippen molar-refractivity contribution in [1.29, 1.82) is 0 Å². The molecule has 1 amide bonds. The first kappa shape index (κ1) is 15.8. The predicted molar refractivity (Wildman–Crippen MR) is 83.8 cm³/mol. The Bertz CT molecular complexity index is 447. The zero-order valence-electron chi connectivity index (χ0n) is 12.8. The molecule has 0 aromatic heterocycles. The number of hydrogen-bond acceptors (Lipinski definition) is 4. The molecule has 0 saturated carbocycles. The Kier molecular flexibility index (Phi) is 6.02. The van der Waals surface area contributed by atoms with E-state index in [1.165, 1.54) is 0 Å². The van der Waals surface area contributed by atoms with Crippen molar-refractivity contribution in [3.63, 3.8) is 0 Å². The topological polar surface area (TPSA) is 50.8 Å². The van der Waals surface area contributed by atoms with E-state index in [0.29, 0.717) is 19.6 Å². The summed E-state index contributed by atoms with van der Waals surface area (Å²) in [6.07, 6.45) is 0.646. The number of ether oxygens (including phenoxy) is 2. The van der Waals surface area contributed by atoms with Crippen LogP contribution >= 0.6 is 0 Å². The average molecular weight is 292 g/mol. The van der Waals surface area contributed by atoms with Crippen molar-refractivity contribution in [3.8, 4) is 0 Å². The van der Waals surface area contributed by atoms with Gasteiger partial charge in [0.15, 0.2) is 0 Å². The van der Waals surface area contributed by atoms with Crippen molar-refractivity contribution in [2.45, 2.75) is 26.4 Å². The molecule has 2 rings (SSSR count). The molecule has 1 fully saturated rings. The summed E-state index contributed by atoms with van der Waals surface area (Å²) in [5.41, 5.74) is 1.99. The largest absolute Gasteiger partial charge is 0.381 e. The van der Waals surface area contributed by atoms with Crippen LogP contribution < -0.4 is 10.2 Å². The molecule has 1 aliphatic rings. The second-order valence-corrected chi connectivity index (χ2v) is 5.17. The van der Waals surface area contributed by atoms with Crippen LogP contribution in [-0.4, -0.2) is 44.9 Å². The normalized spacial score (nSPS) is 18.6. The molecule has 21 heavy (non-hydrogen) atoms. The van der Waals surface area contributed by atoms with Gasteiger partial charge in [-0.2, -0.15) is 0 Å². The van der Waals surface area contributed by atoms with Crippen LogP contribution in [-0.2, 0) is 14.3 Å². The Morgan fingerprint density at radius 1 is 1.43 bits per heavy atom. The summed E-state index contributed by atoms with van der Waals surface area (Å²) in [6, 6.07) is 7.95. The molecular weight excluding hydrogens is 268 g/mol. The molecule has 5 heteroatoms. The number of rotatable bonds is 6. The molecule has 0 unspecified atom stereocenters. The maximum absolute atomic E-state index is 11.7. The van der Waals surface area contributed by atoms with E-state index in [2.05, 4.69) is 17.1 Å². The molecule has 1 heterocycles. The smallest absolute Gasteiger partial charge is 0.226 e. The van der Waals surface area contributed by atoms with E-state index in [9.17, 15) is 4.79 Å². The summed E-state index contributed by atoms with van der Waals surface area (Å²) in [4.78, 5) is 14.0. The monoisotopic (exact) mass is 292 g/mol. The number of carbonyl (C=O) groups excluding carboxylic acids is 1. The number of nitrogens with zero attached hydrogens (tertiary/aromatic N) is 1. The van der Waals surface area contributed by atoms with E-state index in [4.69, 9.17) is 9.47 Å². The minimum atomic E-state index is -0.0174. The van der Waals surface area contributed by atoms with E-state index >= 15 is 0 Å². The van der Waals surface area contributed by atoms with Gasteiger partial charge in [-0.1, -0.05) is 0 Å². The number of benzene rings is 1. The Labute approximate surface area is 126 Å². The van der Waals surface area contributed by atoms with Crippen molar-refractivity contribution < 1.29 is 14.3 Å². The van der Waals surface area contributed by atoms with Gasteiger partial charge in [0, 0.05) is 31.1 Å². The first-order valence-electron chi connectivity index (χ1n) is 7.53. The van der Waals surface area contributed by atoms with Gasteiger partial charge in [-0.05, 0) is 38.1 Å². The Morgan fingerprint density at radius 3 is 2.86 bits per heavy atom. The molecular formula is C16H24N2O3. The Morgan fingerprint density at radius 2 is 2.19 bits per heavy atom. The Balaban J connectivity index is 1.85. The SMILES string of the molecule is CCOCCC(=O)Nc1ccc(N2CCO[C@@H](C)C2)cc1. The van der Waals surface area contributed by atoms with Gasteiger partial charge in [-0.25, -0.2) is 0 Å². The third-order valence-corrected chi connectivity index (χ3v) is 3.43. The quantitative estimate of drug-likeness (QED) is 0.817. The van der Waals surface area contributed by atoms with E-state index in [-0.39, 0.29) is 12.0 Å². The van der Waals surface area contributed by atoms with Gasteiger partial charge in [0.1, 0.15) is 0 Å². The summed E-state index contributed by atoms with van der Waals surface area (Å²) >= 11 is 0. The van der Waals surface area contributed by atoms with Crippen LogP contribution in [0.3, 0.4) is 0 Å². The van der Waals surface area contributed by atoms with Gasteiger partial charge >= 0.3 is 0 Å². The maximum Gasteiger partial charge on any atom is 0.226 e. The van der Waals surface area contributed by atoms with Gasteiger partial charge in [-0.15, -0.1) is 0 Å². The summed E-state index contributed by atoms with van der Waals surface area (Å²) in [7, 11) is 0. The van der Waals surface area contributed by atoms with Gasteiger partial charge in [0.05, 0.1) is 25.7 Å². The number of carbonyl (C=O) groups is 1. The van der Waals surface area contributed by atoms with Crippen molar-refractivity contribution in [1.82, 2.24) is 0 Å². The zero-order chi connectivity index (χ0) is 15.1. The molecule has 1 aromatic rings. The number of anilines is 2. The lowest BCUT2D eigenvalue weighted by molar-refractivity contribution is -0.117. The summed E-state index contributed by atoms with van der Waals surface area (Å²) < 4.78 is 10.7. The van der Waals surface area contributed by atoms with Crippen LogP contribution in [0.25, 0.3) is 0 Å². The molecule has 1 aliphatic heterocycles. The predicted octanol–water partition coefficient (Wildman–Crippen LogP) is 2.28. The van der Waals surface area contributed by atoms with E-state index < -0.39 is 0 Å². The van der Waals surface area contributed by atoms with Crippen molar-refractivity contribution in [2.24, 2.45) is 0 Å². The van der Waals surface area contributed by atoms with Crippen molar-refractivity contribution >= 4 is 17.3 Å². The molecule has 1 aromatic carbocycles. The fourth-order valence-electron chi connectivity index (χ4n) is 2.34. The first-order valence-corrected chi connectivity index (χ1v) is 7.53. The highest BCUT2D eigenvalue weighted by Crippen LogP contribution is 2.20. The van der Waals surface area contributed by atoms with Crippen LogP contribution in [0.1, 0.15) is 20.3 Å². The third-order valence-electron chi connectivity index (χ3n) is 3.43. The molecule has 1 N–H and O–H groups in total. The second kappa shape index (κ2) is 8.00. The van der Waals surface area contributed by atoms with E-state index in [0.717, 1.165) is 31.1 Å². The lowest BCUT2D eigenvalue weighted by Crippen LogP contribution is -2.41. The van der Waals surface area contributed by atoms with Gasteiger partial charge in [-0.3, -0.25) is 4.79 Å². The molecule has 0 bridgehead atoms. The maximum atomic E-state index is 11.7. The lowest BCUT2D eigenvalue weighted by atomic mass is 10.2. The highest BCUT2D eigenvalue weighted by molar-refractivity contribution is 5.90. The highest BCUT2D eigenvalue weighted by atomic mass is 16.5. The minimum absolute atomic E-state index is 0.0174. The third kappa shape index (κ3) is 5.02. The average Bonchev–Trinajstić information content (AvgIpc) is 2.48. The van der Waals surface area contributed by atoms with Crippen LogP contribution in [0.2, 0.25) is 0 Å². The summed E-state index contributed by atoms with van der Waals surface area (Å²) in [6.45, 7) is 7.68. The fraction of sp³-hybridized carbons (Fsp3) is 0.562. The number of hydrogen-bond donors (Lipinski definition) is 1. The number of nitrogens with one attached hydrogen (secondary N) is 1. The van der Waals surface area contributed by atoms with Crippen molar-refractivity contribution in [2.75, 3.05) is 43.1 Å². The minimum Gasteiger partial charge on any atom is -0.381 e. The highest BCUT2D eigenvalue weighted by Gasteiger charge is 2.16. The van der Waals surface area contributed by atoms with Crippen LogP contribution in [0.5, 0.6) is 0 Å². The van der Waals surface area contributed by atoms with Crippen LogP contribution in [0.4, 0.5) is 11.4 Å². The lowest BCUT2D eigenvalue weighted by Gasteiger charge is -2.33. The summed E-state index contributed by atoms with van der Waals surface area (Å²) in [5.74, 6) is -0.0174. The first-order chi connectivity index (χ1) is 10.2. The number of morpholine rings is 1. The van der Waals surface area contributed by atoms with E-state index in [1.54, 1.807) is 0 Å². The number of amides is 1. The van der Waals surface area contributed by atoms with Crippen molar-refractivity contribution in [3.05, 3.63) is 24.3 Å². The van der Waals surface area contributed by atoms with Gasteiger partial charge in [0.2, 0.25) is 5.91 Å². The standard InChI is InChI=1S/C16H24N2O3/c1-3-20-10-8-16(19)17-14-4-6-15(7-5-14)18-9-11-21-13(2)12-18/h4-7,13H,3,8-12H2,1-2H3,(H,17,19)/t13-/m0/s1. The van der Waals surface area contributed by atoms with Gasteiger partial charge in [0.25, 0.3) is 0 Å². The fourth-order valence-corrected chi connectivity index (χ4v) is 2.34. The molecule has 5 nitrogen and oxygen atoms in total. The van der Waals surface area contributed by atoms with E-state index in [1.807, 2.05) is 31.2 Å². The Hall–Kier alpha value is -1.59. The van der Waals surface area contributed by atoms with Crippen LogP contribution in [0, 0.1) is 0 Å². The van der Waals surface area contributed by atoms with Gasteiger partial charge < -0.3 is 19.7 Å². The molecule has 0 spiro atoms. The van der Waals surface area contributed by atoms with Crippen LogP contribution in [0.15, 0.2) is 24.3 Å². The molecule has 1 atom stereocenters. The molecule has 0 radical (unpaired) electrons. The molecule has 116 valence electrons. The molecule has 0 aliphatic carbocycles. The second-order valence-electron chi connectivity index (χ2n) is 5.17. The molecule has 1 saturated heterocycles. The summed E-state index contributed by atoms with van der Waals surface area (Å²) in [5, 5.41) is 2.88. The zero-order valence-corrected chi connectivity index (χ0v) is 12.8.